The second kappa shape index (κ2) is 5.18. The molecule has 6 heteroatoms. The molecule has 1 heterocycles. The van der Waals surface area contributed by atoms with Gasteiger partial charge in [0.2, 0.25) is 0 Å². The van der Waals surface area contributed by atoms with Crippen molar-refractivity contribution in [3.05, 3.63) is 41.1 Å². The van der Waals surface area contributed by atoms with Gasteiger partial charge in [-0.05, 0) is 25.1 Å². The Balaban J connectivity index is 2.29. The lowest BCUT2D eigenvalue weighted by Gasteiger charge is -2.09. The quantitative estimate of drug-likeness (QED) is 0.927. The summed E-state index contributed by atoms with van der Waals surface area (Å²) in [7, 11) is 1.53. The van der Waals surface area contributed by atoms with E-state index in [2.05, 4.69) is 15.3 Å². The number of rotatable bonds is 3. The molecular weight excluding hydrogens is 257 g/mol. The van der Waals surface area contributed by atoms with Gasteiger partial charge in [0.05, 0.1) is 17.8 Å². The van der Waals surface area contributed by atoms with Gasteiger partial charge in [-0.2, -0.15) is 0 Å². The van der Waals surface area contributed by atoms with Gasteiger partial charge in [0.25, 0.3) is 0 Å². The Labute approximate surface area is 109 Å². The van der Waals surface area contributed by atoms with Gasteiger partial charge in [0, 0.05) is 5.69 Å². The maximum atomic E-state index is 13.7. The minimum Gasteiger partial charge on any atom is -0.495 e. The third-order valence-corrected chi connectivity index (χ3v) is 2.67. The lowest BCUT2D eigenvalue weighted by molar-refractivity contribution is 0.415. The van der Waals surface area contributed by atoms with Crippen molar-refractivity contribution < 1.29 is 9.13 Å². The number of anilines is 2. The number of aryl methyl sites for hydroxylation is 1. The molecule has 0 radical (unpaired) electrons. The molecule has 0 aliphatic heterocycles. The van der Waals surface area contributed by atoms with Gasteiger partial charge < -0.3 is 10.1 Å². The first-order valence-electron chi connectivity index (χ1n) is 5.19. The molecule has 1 N–H and O–H groups in total. The number of benzene rings is 1. The molecule has 0 saturated carbocycles. The summed E-state index contributed by atoms with van der Waals surface area (Å²) in [5.74, 6) is 0.190. The monoisotopic (exact) mass is 267 g/mol. The lowest BCUT2D eigenvalue weighted by Crippen LogP contribution is -2.00. The Morgan fingerprint density at radius 2 is 2.11 bits per heavy atom. The molecule has 1 aromatic heterocycles. The number of hydrogen-bond donors (Lipinski definition) is 1. The highest BCUT2D eigenvalue weighted by atomic mass is 35.5. The second-order valence-electron chi connectivity index (χ2n) is 3.60. The van der Waals surface area contributed by atoms with Crippen molar-refractivity contribution in [1.29, 1.82) is 0 Å². The maximum Gasteiger partial charge on any atom is 0.186 e. The highest BCUT2D eigenvalue weighted by Crippen LogP contribution is 2.28. The van der Waals surface area contributed by atoms with Crippen molar-refractivity contribution >= 4 is 23.1 Å². The van der Waals surface area contributed by atoms with Crippen molar-refractivity contribution in [2.24, 2.45) is 0 Å². The van der Waals surface area contributed by atoms with Crippen LogP contribution in [0.5, 0.6) is 5.75 Å². The van der Waals surface area contributed by atoms with E-state index >= 15 is 0 Å². The summed E-state index contributed by atoms with van der Waals surface area (Å²) in [5, 5.41) is 3.28. The third kappa shape index (κ3) is 2.51. The lowest BCUT2D eigenvalue weighted by atomic mass is 10.3. The van der Waals surface area contributed by atoms with Crippen LogP contribution in [0.15, 0.2) is 24.5 Å². The van der Waals surface area contributed by atoms with E-state index in [4.69, 9.17) is 16.3 Å². The highest BCUT2D eigenvalue weighted by molar-refractivity contribution is 6.32. The van der Waals surface area contributed by atoms with Crippen LogP contribution in [0.2, 0.25) is 5.02 Å². The smallest absolute Gasteiger partial charge is 0.186 e. The topological polar surface area (TPSA) is 47.0 Å². The molecular formula is C12H11ClFN3O. The fourth-order valence-corrected chi connectivity index (χ4v) is 1.68. The average molecular weight is 268 g/mol. The van der Waals surface area contributed by atoms with Crippen molar-refractivity contribution in [3.8, 4) is 5.75 Å². The zero-order valence-electron chi connectivity index (χ0n) is 9.87. The Hall–Kier alpha value is -1.88. The first kappa shape index (κ1) is 12.6. The summed E-state index contributed by atoms with van der Waals surface area (Å²) in [6, 6.07) is 5.05. The Kier molecular flexibility index (Phi) is 3.62. The zero-order chi connectivity index (χ0) is 13.1. The molecule has 0 unspecified atom stereocenters. The summed E-state index contributed by atoms with van der Waals surface area (Å²) in [6.07, 6.45) is 1.30. The molecule has 0 bridgehead atoms. The van der Waals surface area contributed by atoms with Crippen LogP contribution in [0.25, 0.3) is 0 Å². The van der Waals surface area contributed by atoms with E-state index in [9.17, 15) is 4.39 Å². The summed E-state index contributed by atoms with van der Waals surface area (Å²) in [5.41, 5.74) is 0.907. The van der Waals surface area contributed by atoms with Gasteiger partial charge in [-0.3, -0.25) is 0 Å². The van der Waals surface area contributed by atoms with Crippen LogP contribution in [0, 0.1) is 12.7 Å². The van der Waals surface area contributed by atoms with Crippen LogP contribution >= 0.6 is 11.6 Å². The van der Waals surface area contributed by atoms with Crippen molar-refractivity contribution in [2.75, 3.05) is 12.4 Å². The molecule has 1 aromatic carbocycles. The van der Waals surface area contributed by atoms with Gasteiger partial charge in [-0.15, -0.1) is 0 Å². The average Bonchev–Trinajstić information content (AvgIpc) is 2.35. The number of halogens is 2. The number of ether oxygens (including phenoxy) is 1. The number of nitrogens with zero attached hydrogens (tertiary/aromatic N) is 2. The maximum absolute atomic E-state index is 13.7. The second-order valence-corrected chi connectivity index (χ2v) is 4.00. The molecule has 4 nitrogen and oxygen atoms in total. The zero-order valence-corrected chi connectivity index (χ0v) is 10.6. The van der Waals surface area contributed by atoms with E-state index in [1.165, 1.54) is 13.4 Å². The fourth-order valence-electron chi connectivity index (χ4n) is 1.43. The predicted molar refractivity (Wildman–Crippen MR) is 68.0 cm³/mol. The minimum atomic E-state index is -0.482. The largest absolute Gasteiger partial charge is 0.495 e. The highest BCUT2D eigenvalue weighted by Gasteiger charge is 2.08. The molecule has 0 fully saturated rings. The van der Waals surface area contributed by atoms with Crippen LogP contribution in [0.3, 0.4) is 0 Å². The van der Waals surface area contributed by atoms with E-state index in [1.54, 1.807) is 25.1 Å². The Bertz CT molecular complexity index is 577. The molecule has 0 spiro atoms. The van der Waals surface area contributed by atoms with E-state index in [0.717, 1.165) is 0 Å². The number of hydrogen-bond acceptors (Lipinski definition) is 4. The van der Waals surface area contributed by atoms with Crippen LogP contribution in [-0.2, 0) is 0 Å². The molecule has 18 heavy (non-hydrogen) atoms. The first-order valence-corrected chi connectivity index (χ1v) is 5.57. The van der Waals surface area contributed by atoms with Crippen LogP contribution in [0.4, 0.5) is 15.9 Å². The number of aromatic nitrogens is 2. The van der Waals surface area contributed by atoms with E-state index in [1.807, 2.05) is 0 Å². The molecule has 0 saturated heterocycles. The van der Waals surface area contributed by atoms with Gasteiger partial charge in [0.15, 0.2) is 11.6 Å². The predicted octanol–water partition coefficient (Wildman–Crippen LogP) is 3.33. The number of nitrogens with one attached hydrogen (secondary N) is 1. The summed E-state index contributed by atoms with van der Waals surface area (Å²) < 4.78 is 18.7. The fraction of sp³-hybridized carbons (Fsp3) is 0.167. The molecule has 2 aromatic rings. The van der Waals surface area contributed by atoms with Gasteiger partial charge in [0.1, 0.15) is 12.1 Å². The van der Waals surface area contributed by atoms with Crippen LogP contribution in [0.1, 0.15) is 5.69 Å². The molecule has 94 valence electrons. The van der Waals surface area contributed by atoms with Crippen molar-refractivity contribution in [2.45, 2.75) is 6.92 Å². The van der Waals surface area contributed by atoms with E-state index < -0.39 is 5.82 Å². The molecule has 0 atom stereocenters. The first-order chi connectivity index (χ1) is 8.61. The summed E-state index contributed by atoms with van der Waals surface area (Å²) in [6.45, 7) is 1.57. The molecule has 2 rings (SSSR count). The van der Waals surface area contributed by atoms with E-state index in [0.29, 0.717) is 16.5 Å². The van der Waals surface area contributed by atoms with Gasteiger partial charge in [-0.1, -0.05) is 11.6 Å². The standard InChI is InChI=1S/C12H11ClFN3O/c1-7-11(14)12(16-6-15-7)17-8-3-4-10(18-2)9(13)5-8/h3-6H,1-2H3,(H,15,16,17). The number of methoxy groups -OCH3 is 1. The van der Waals surface area contributed by atoms with Crippen molar-refractivity contribution in [3.63, 3.8) is 0 Å². The third-order valence-electron chi connectivity index (χ3n) is 2.38. The summed E-state index contributed by atoms with van der Waals surface area (Å²) >= 11 is 5.98. The normalized spacial score (nSPS) is 10.2. The van der Waals surface area contributed by atoms with Gasteiger partial charge in [-0.25, -0.2) is 14.4 Å². The summed E-state index contributed by atoms with van der Waals surface area (Å²) in [4.78, 5) is 7.59. The van der Waals surface area contributed by atoms with Crippen LogP contribution < -0.4 is 10.1 Å². The van der Waals surface area contributed by atoms with Crippen molar-refractivity contribution in [1.82, 2.24) is 9.97 Å². The van der Waals surface area contributed by atoms with E-state index in [-0.39, 0.29) is 11.5 Å². The Morgan fingerprint density at radius 3 is 2.78 bits per heavy atom. The molecule has 0 aliphatic rings. The molecule has 0 amide bonds. The van der Waals surface area contributed by atoms with Gasteiger partial charge >= 0.3 is 0 Å². The SMILES string of the molecule is COc1ccc(Nc2ncnc(C)c2F)cc1Cl. The van der Waals surface area contributed by atoms with Crippen LogP contribution in [-0.4, -0.2) is 17.1 Å². The Morgan fingerprint density at radius 1 is 1.33 bits per heavy atom. The minimum absolute atomic E-state index is 0.115. The molecule has 0 aliphatic carbocycles.